The number of benzene rings is 1. The zero-order valence-corrected chi connectivity index (χ0v) is 16.2. The van der Waals surface area contributed by atoms with Crippen molar-refractivity contribution in [1.29, 1.82) is 0 Å². The predicted octanol–water partition coefficient (Wildman–Crippen LogP) is 2.74. The highest BCUT2D eigenvalue weighted by molar-refractivity contribution is 5.78. The molecule has 1 atom stereocenters. The van der Waals surface area contributed by atoms with Gasteiger partial charge in [-0.2, -0.15) is 0 Å². The standard InChI is InChI=1S/C22H30N2O3/c1-27-15-21(26)24-11-9-22(10-12-24)14-16(18-7-2-3-8-19(18)22)13-20(25)23-17-5-4-6-17/h2-3,7-8,16-17H,4-6,9-15H2,1H3,(H,23,25)/t16-/m0/s1. The summed E-state index contributed by atoms with van der Waals surface area (Å²) in [5.74, 6) is 0.571. The summed E-state index contributed by atoms with van der Waals surface area (Å²) in [7, 11) is 1.57. The Morgan fingerprint density at radius 2 is 1.96 bits per heavy atom. The van der Waals surface area contributed by atoms with Gasteiger partial charge in [-0.25, -0.2) is 0 Å². The Morgan fingerprint density at radius 1 is 1.22 bits per heavy atom. The molecule has 146 valence electrons. The van der Waals surface area contributed by atoms with E-state index in [2.05, 4.69) is 29.6 Å². The molecule has 2 aliphatic carbocycles. The smallest absolute Gasteiger partial charge is 0.248 e. The molecular formula is C22H30N2O3. The van der Waals surface area contributed by atoms with Crippen molar-refractivity contribution in [2.45, 2.75) is 62.3 Å². The molecule has 2 fully saturated rings. The lowest BCUT2D eigenvalue weighted by molar-refractivity contribution is -0.136. The van der Waals surface area contributed by atoms with Crippen LogP contribution in [0.25, 0.3) is 0 Å². The number of carbonyl (C=O) groups is 2. The van der Waals surface area contributed by atoms with Crippen LogP contribution in [0.4, 0.5) is 0 Å². The van der Waals surface area contributed by atoms with E-state index in [4.69, 9.17) is 4.74 Å². The molecule has 1 aliphatic heterocycles. The second kappa shape index (κ2) is 7.63. The van der Waals surface area contributed by atoms with Crippen LogP contribution in [0.2, 0.25) is 0 Å². The lowest BCUT2D eigenvalue weighted by atomic mass is 9.73. The third-order valence-corrected chi connectivity index (χ3v) is 6.85. The average molecular weight is 370 g/mol. The summed E-state index contributed by atoms with van der Waals surface area (Å²) in [5.41, 5.74) is 2.87. The first-order valence-corrected chi connectivity index (χ1v) is 10.3. The van der Waals surface area contributed by atoms with E-state index in [0.717, 1.165) is 45.2 Å². The number of carbonyl (C=O) groups excluding carboxylic acids is 2. The Labute approximate surface area is 161 Å². The molecule has 3 aliphatic rings. The predicted molar refractivity (Wildman–Crippen MR) is 104 cm³/mol. The molecule has 4 rings (SSSR count). The Morgan fingerprint density at radius 3 is 2.63 bits per heavy atom. The zero-order chi connectivity index (χ0) is 18.9. The molecule has 27 heavy (non-hydrogen) atoms. The number of rotatable bonds is 5. The summed E-state index contributed by atoms with van der Waals surface area (Å²) in [4.78, 5) is 26.6. The van der Waals surface area contributed by atoms with E-state index >= 15 is 0 Å². The summed E-state index contributed by atoms with van der Waals surface area (Å²) in [6, 6.07) is 9.05. The van der Waals surface area contributed by atoms with E-state index in [-0.39, 0.29) is 23.8 Å². The van der Waals surface area contributed by atoms with Crippen LogP contribution in [0.5, 0.6) is 0 Å². The third kappa shape index (κ3) is 3.62. The van der Waals surface area contributed by atoms with Gasteiger partial charge in [0.25, 0.3) is 0 Å². The minimum atomic E-state index is 0.0788. The largest absolute Gasteiger partial charge is 0.375 e. The Kier molecular flexibility index (Phi) is 5.22. The molecule has 1 aromatic rings. The van der Waals surface area contributed by atoms with Gasteiger partial charge >= 0.3 is 0 Å². The highest BCUT2D eigenvalue weighted by Gasteiger charge is 2.46. The number of ether oxygens (including phenoxy) is 1. The average Bonchev–Trinajstić information content (AvgIpc) is 2.93. The maximum Gasteiger partial charge on any atom is 0.248 e. The highest BCUT2D eigenvalue weighted by Crippen LogP contribution is 2.52. The first-order chi connectivity index (χ1) is 13.1. The van der Waals surface area contributed by atoms with Gasteiger partial charge in [-0.1, -0.05) is 24.3 Å². The van der Waals surface area contributed by atoms with Gasteiger partial charge in [0.15, 0.2) is 0 Å². The summed E-state index contributed by atoms with van der Waals surface area (Å²) < 4.78 is 5.00. The molecule has 1 saturated carbocycles. The number of piperidine rings is 1. The SMILES string of the molecule is COCC(=O)N1CCC2(CC1)C[C@H](CC(=O)NC1CCC1)c1ccccc12. The molecule has 1 spiro atoms. The summed E-state index contributed by atoms with van der Waals surface area (Å²) in [6.07, 6.45) is 7.04. The van der Waals surface area contributed by atoms with Gasteiger partial charge in [-0.15, -0.1) is 0 Å². The first kappa shape index (κ1) is 18.5. The zero-order valence-electron chi connectivity index (χ0n) is 16.2. The van der Waals surface area contributed by atoms with Crippen LogP contribution in [-0.4, -0.2) is 49.6 Å². The van der Waals surface area contributed by atoms with Crippen molar-refractivity contribution in [3.8, 4) is 0 Å². The van der Waals surface area contributed by atoms with Crippen molar-refractivity contribution in [2.75, 3.05) is 26.8 Å². The molecular weight excluding hydrogens is 340 g/mol. The van der Waals surface area contributed by atoms with Gasteiger partial charge in [0, 0.05) is 32.7 Å². The van der Waals surface area contributed by atoms with Crippen molar-refractivity contribution in [1.82, 2.24) is 10.2 Å². The number of likely N-dealkylation sites (tertiary alicyclic amines) is 1. The highest BCUT2D eigenvalue weighted by atomic mass is 16.5. The molecule has 1 aromatic carbocycles. The molecule has 0 bridgehead atoms. The summed E-state index contributed by atoms with van der Waals surface area (Å²) >= 11 is 0. The lowest BCUT2D eigenvalue weighted by Gasteiger charge is -2.40. The number of fused-ring (bicyclic) bond motifs is 2. The molecule has 0 radical (unpaired) electrons. The topological polar surface area (TPSA) is 58.6 Å². The third-order valence-electron chi connectivity index (χ3n) is 6.85. The number of nitrogens with one attached hydrogen (secondary N) is 1. The Hall–Kier alpha value is -1.88. The minimum Gasteiger partial charge on any atom is -0.375 e. The second-order valence-electron chi connectivity index (χ2n) is 8.48. The van der Waals surface area contributed by atoms with Gasteiger partial charge in [0.1, 0.15) is 6.61 Å². The summed E-state index contributed by atoms with van der Waals surface area (Å²) in [5, 5.41) is 3.20. The molecule has 0 unspecified atom stereocenters. The van der Waals surface area contributed by atoms with E-state index in [1.54, 1.807) is 7.11 Å². The van der Waals surface area contributed by atoms with Crippen LogP contribution in [-0.2, 0) is 19.7 Å². The van der Waals surface area contributed by atoms with E-state index in [1.165, 1.54) is 17.5 Å². The van der Waals surface area contributed by atoms with Crippen molar-refractivity contribution < 1.29 is 14.3 Å². The fourth-order valence-corrected chi connectivity index (χ4v) is 5.15. The van der Waals surface area contributed by atoms with Crippen molar-refractivity contribution in [2.24, 2.45) is 0 Å². The number of hydrogen-bond donors (Lipinski definition) is 1. The molecule has 5 heteroatoms. The maximum absolute atomic E-state index is 12.5. The van der Waals surface area contributed by atoms with Crippen molar-refractivity contribution in [3.05, 3.63) is 35.4 Å². The molecule has 1 saturated heterocycles. The van der Waals surface area contributed by atoms with Gasteiger partial charge in [0.05, 0.1) is 0 Å². The second-order valence-corrected chi connectivity index (χ2v) is 8.48. The van der Waals surface area contributed by atoms with E-state index < -0.39 is 0 Å². The van der Waals surface area contributed by atoms with Crippen LogP contribution in [0.1, 0.15) is 62.0 Å². The van der Waals surface area contributed by atoms with Crippen LogP contribution in [0, 0.1) is 0 Å². The monoisotopic (exact) mass is 370 g/mol. The lowest BCUT2D eigenvalue weighted by Crippen LogP contribution is -2.45. The number of amides is 2. The van der Waals surface area contributed by atoms with Gasteiger partial charge in [-0.05, 0) is 61.0 Å². The van der Waals surface area contributed by atoms with Gasteiger partial charge in [0.2, 0.25) is 11.8 Å². The molecule has 0 aromatic heterocycles. The van der Waals surface area contributed by atoms with Crippen LogP contribution < -0.4 is 5.32 Å². The van der Waals surface area contributed by atoms with Gasteiger partial charge < -0.3 is 15.0 Å². The fourth-order valence-electron chi connectivity index (χ4n) is 5.15. The van der Waals surface area contributed by atoms with Crippen LogP contribution in [0.3, 0.4) is 0 Å². The van der Waals surface area contributed by atoms with Crippen LogP contribution >= 0.6 is 0 Å². The van der Waals surface area contributed by atoms with E-state index in [1.807, 2.05) is 4.90 Å². The van der Waals surface area contributed by atoms with Crippen LogP contribution in [0.15, 0.2) is 24.3 Å². The van der Waals surface area contributed by atoms with Crippen molar-refractivity contribution in [3.63, 3.8) is 0 Å². The molecule has 5 nitrogen and oxygen atoms in total. The number of hydrogen-bond acceptors (Lipinski definition) is 3. The Balaban J connectivity index is 1.45. The maximum atomic E-state index is 12.5. The van der Waals surface area contributed by atoms with E-state index in [0.29, 0.717) is 18.4 Å². The first-order valence-electron chi connectivity index (χ1n) is 10.3. The molecule has 1 N–H and O–H groups in total. The van der Waals surface area contributed by atoms with E-state index in [9.17, 15) is 9.59 Å². The minimum absolute atomic E-state index is 0.0788. The normalized spacial score (nSPS) is 23.7. The number of methoxy groups -OCH3 is 1. The molecule has 1 heterocycles. The molecule has 2 amide bonds. The number of nitrogens with zero attached hydrogens (tertiary/aromatic N) is 1. The van der Waals surface area contributed by atoms with Gasteiger partial charge in [-0.3, -0.25) is 9.59 Å². The quantitative estimate of drug-likeness (QED) is 0.867. The fraction of sp³-hybridized carbons (Fsp3) is 0.636. The summed E-state index contributed by atoms with van der Waals surface area (Å²) in [6.45, 7) is 1.71. The Bertz CT molecular complexity index is 705. The van der Waals surface area contributed by atoms with Crippen molar-refractivity contribution >= 4 is 11.8 Å².